The molecular weight excluding hydrogens is 288 g/mol. The quantitative estimate of drug-likeness (QED) is 0.736. The summed E-state index contributed by atoms with van der Waals surface area (Å²) in [6.45, 7) is 4.82. The molecule has 2 nitrogen and oxygen atoms in total. The largest absolute Gasteiger partial charge is 0.358 e. The standard InChI is InChI=1S/C19H22N2S/c1-14-18(15-8-3-4-9-16(15)20-14)19(17-10-7-13-22-17)21-11-5-2-6-12-21/h3-4,7-10,13,19-20H,2,5-6,11-12H2,1H3/p+1. The Morgan fingerprint density at radius 2 is 1.86 bits per heavy atom. The summed E-state index contributed by atoms with van der Waals surface area (Å²) in [5, 5.41) is 3.62. The summed E-state index contributed by atoms with van der Waals surface area (Å²) in [6, 6.07) is 13.8. The lowest BCUT2D eigenvalue weighted by molar-refractivity contribution is -0.929. The van der Waals surface area contributed by atoms with Crippen molar-refractivity contribution in [2.45, 2.75) is 32.2 Å². The second-order valence-corrected chi connectivity index (χ2v) is 7.36. The van der Waals surface area contributed by atoms with Crippen LogP contribution in [-0.4, -0.2) is 18.1 Å². The van der Waals surface area contributed by atoms with Crippen LogP contribution in [0.4, 0.5) is 0 Å². The van der Waals surface area contributed by atoms with Gasteiger partial charge in [0, 0.05) is 22.2 Å². The van der Waals surface area contributed by atoms with Gasteiger partial charge in [0.15, 0.2) is 6.04 Å². The van der Waals surface area contributed by atoms with E-state index < -0.39 is 0 Å². The fourth-order valence-corrected chi connectivity index (χ4v) is 4.86. The molecule has 0 radical (unpaired) electrons. The zero-order chi connectivity index (χ0) is 14.9. The molecule has 3 heteroatoms. The SMILES string of the molecule is Cc1[nH]c2ccccc2c1C(c1cccs1)[NH+]1CCCCC1. The van der Waals surface area contributed by atoms with Crippen LogP contribution in [0.1, 0.15) is 41.4 Å². The van der Waals surface area contributed by atoms with Crippen molar-refractivity contribution in [1.82, 2.24) is 4.98 Å². The number of hydrogen-bond acceptors (Lipinski definition) is 1. The maximum absolute atomic E-state index is 3.60. The molecule has 1 atom stereocenters. The van der Waals surface area contributed by atoms with E-state index in [-0.39, 0.29) is 0 Å². The number of aryl methyl sites for hydroxylation is 1. The molecule has 0 bridgehead atoms. The number of quaternary nitrogens is 1. The van der Waals surface area contributed by atoms with Gasteiger partial charge in [0.25, 0.3) is 0 Å². The van der Waals surface area contributed by atoms with Gasteiger partial charge in [-0.15, -0.1) is 11.3 Å². The Balaban J connectivity index is 1.87. The fraction of sp³-hybridized carbons (Fsp3) is 0.368. The van der Waals surface area contributed by atoms with Crippen molar-refractivity contribution < 1.29 is 4.90 Å². The highest BCUT2D eigenvalue weighted by molar-refractivity contribution is 7.10. The zero-order valence-electron chi connectivity index (χ0n) is 13.1. The molecule has 2 aromatic heterocycles. The molecule has 1 unspecified atom stereocenters. The number of rotatable bonds is 3. The maximum Gasteiger partial charge on any atom is 0.150 e. The lowest BCUT2D eigenvalue weighted by Crippen LogP contribution is -3.13. The number of thiophene rings is 1. The van der Waals surface area contributed by atoms with Crippen LogP contribution in [0.25, 0.3) is 10.9 Å². The van der Waals surface area contributed by atoms with E-state index in [1.54, 1.807) is 4.90 Å². The van der Waals surface area contributed by atoms with E-state index in [4.69, 9.17) is 0 Å². The van der Waals surface area contributed by atoms with Gasteiger partial charge >= 0.3 is 0 Å². The first-order valence-corrected chi connectivity index (χ1v) is 9.18. The molecule has 1 aliphatic rings. The molecule has 0 amide bonds. The third-order valence-electron chi connectivity index (χ3n) is 4.96. The normalized spacial score (nSPS) is 17.9. The molecule has 1 aliphatic heterocycles. The van der Waals surface area contributed by atoms with Crippen LogP contribution in [0.5, 0.6) is 0 Å². The minimum Gasteiger partial charge on any atom is -0.358 e. The number of hydrogen-bond donors (Lipinski definition) is 2. The van der Waals surface area contributed by atoms with E-state index in [1.165, 1.54) is 59.4 Å². The highest BCUT2D eigenvalue weighted by atomic mass is 32.1. The van der Waals surface area contributed by atoms with Crippen molar-refractivity contribution in [3.63, 3.8) is 0 Å². The van der Waals surface area contributed by atoms with Gasteiger partial charge < -0.3 is 9.88 Å². The minimum absolute atomic E-state index is 0.483. The van der Waals surface area contributed by atoms with Crippen molar-refractivity contribution in [2.75, 3.05) is 13.1 Å². The van der Waals surface area contributed by atoms with E-state index in [9.17, 15) is 0 Å². The highest BCUT2D eigenvalue weighted by Gasteiger charge is 2.31. The molecule has 2 N–H and O–H groups in total. The molecule has 22 heavy (non-hydrogen) atoms. The number of aromatic nitrogens is 1. The van der Waals surface area contributed by atoms with Gasteiger partial charge in [-0.3, -0.25) is 0 Å². The molecule has 3 heterocycles. The van der Waals surface area contributed by atoms with Crippen LogP contribution in [0.3, 0.4) is 0 Å². The molecule has 4 rings (SSSR count). The maximum atomic E-state index is 3.60. The fourth-order valence-electron chi connectivity index (χ4n) is 3.97. The van der Waals surface area contributed by atoms with Crippen LogP contribution in [-0.2, 0) is 0 Å². The van der Waals surface area contributed by atoms with E-state index in [0.717, 1.165) is 0 Å². The molecule has 1 aromatic carbocycles. The smallest absolute Gasteiger partial charge is 0.150 e. The van der Waals surface area contributed by atoms with Gasteiger partial charge in [0.1, 0.15) is 0 Å². The summed E-state index contributed by atoms with van der Waals surface area (Å²) in [6.07, 6.45) is 4.12. The van der Waals surface area contributed by atoms with Crippen molar-refractivity contribution >= 4 is 22.2 Å². The summed E-state index contributed by atoms with van der Waals surface area (Å²) in [7, 11) is 0. The summed E-state index contributed by atoms with van der Waals surface area (Å²) in [5.41, 5.74) is 4.11. The summed E-state index contributed by atoms with van der Waals surface area (Å²) >= 11 is 1.91. The molecule has 1 fully saturated rings. The summed E-state index contributed by atoms with van der Waals surface area (Å²) < 4.78 is 0. The topological polar surface area (TPSA) is 20.2 Å². The first kappa shape index (κ1) is 14.0. The predicted octanol–water partition coefficient (Wildman–Crippen LogP) is 3.70. The third-order valence-corrected chi connectivity index (χ3v) is 5.90. The van der Waals surface area contributed by atoms with E-state index in [2.05, 4.69) is 53.7 Å². The van der Waals surface area contributed by atoms with Crippen molar-refractivity contribution in [1.29, 1.82) is 0 Å². The van der Waals surface area contributed by atoms with Gasteiger partial charge in [0.05, 0.1) is 18.0 Å². The molecule has 3 aromatic rings. The number of aromatic amines is 1. The number of piperidine rings is 1. The average Bonchev–Trinajstić information content (AvgIpc) is 3.18. The van der Waals surface area contributed by atoms with Gasteiger partial charge in [-0.1, -0.05) is 24.3 Å². The van der Waals surface area contributed by atoms with Crippen LogP contribution < -0.4 is 4.90 Å². The van der Waals surface area contributed by atoms with Crippen molar-refractivity contribution in [3.05, 3.63) is 57.9 Å². The Morgan fingerprint density at radius 3 is 2.64 bits per heavy atom. The van der Waals surface area contributed by atoms with Gasteiger partial charge in [-0.2, -0.15) is 0 Å². The first-order valence-electron chi connectivity index (χ1n) is 8.30. The Bertz CT molecular complexity index is 751. The van der Waals surface area contributed by atoms with E-state index in [1.807, 2.05) is 11.3 Å². The lowest BCUT2D eigenvalue weighted by Gasteiger charge is -2.31. The molecule has 1 saturated heterocycles. The Hall–Kier alpha value is -1.58. The lowest BCUT2D eigenvalue weighted by atomic mass is 9.97. The first-order chi connectivity index (χ1) is 10.8. The number of likely N-dealkylation sites (tertiary alicyclic amines) is 1. The number of fused-ring (bicyclic) bond motifs is 1. The Morgan fingerprint density at radius 1 is 1.05 bits per heavy atom. The van der Waals surface area contributed by atoms with Crippen LogP contribution in [0.2, 0.25) is 0 Å². The average molecular weight is 311 g/mol. The number of benzene rings is 1. The molecule has 114 valence electrons. The van der Waals surface area contributed by atoms with Crippen LogP contribution in [0, 0.1) is 6.92 Å². The van der Waals surface area contributed by atoms with Gasteiger partial charge in [-0.25, -0.2) is 0 Å². The zero-order valence-corrected chi connectivity index (χ0v) is 13.9. The minimum atomic E-state index is 0.483. The van der Waals surface area contributed by atoms with Gasteiger partial charge in [0.2, 0.25) is 0 Å². The Labute approximate surface area is 135 Å². The second kappa shape index (κ2) is 5.90. The number of nitrogens with one attached hydrogen (secondary N) is 2. The number of para-hydroxylation sites is 1. The third kappa shape index (κ3) is 2.38. The summed E-state index contributed by atoms with van der Waals surface area (Å²) in [4.78, 5) is 6.84. The summed E-state index contributed by atoms with van der Waals surface area (Å²) in [5.74, 6) is 0. The molecular formula is C19H23N2S+. The monoisotopic (exact) mass is 311 g/mol. The molecule has 0 saturated carbocycles. The molecule has 0 aliphatic carbocycles. The van der Waals surface area contributed by atoms with Crippen LogP contribution >= 0.6 is 11.3 Å². The number of H-pyrrole nitrogens is 1. The highest BCUT2D eigenvalue weighted by Crippen LogP contribution is 2.32. The van der Waals surface area contributed by atoms with E-state index in [0.29, 0.717) is 6.04 Å². The Kier molecular flexibility index (Phi) is 3.77. The van der Waals surface area contributed by atoms with Crippen molar-refractivity contribution in [3.8, 4) is 0 Å². The second-order valence-electron chi connectivity index (χ2n) is 6.38. The van der Waals surface area contributed by atoms with Gasteiger partial charge in [-0.05, 0) is 43.7 Å². The van der Waals surface area contributed by atoms with Crippen LogP contribution in [0.15, 0.2) is 41.8 Å². The van der Waals surface area contributed by atoms with Crippen molar-refractivity contribution in [2.24, 2.45) is 0 Å². The molecule has 0 spiro atoms. The predicted molar refractivity (Wildman–Crippen MR) is 93.7 cm³/mol. The van der Waals surface area contributed by atoms with E-state index >= 15 is 0 Å².